The van der Waals surface area contributed by atoms with Gasteiger partial charge in [-0.1, -0.05) is 42.5 Å². The lowest BCUT2D eigenvalue weighted by Crippen LogP contribution is -2.83. The molecule has 3 N–H and O–H groups in total. The topological polar surface area (TPSA) is 67.0 Å². The lowest BCUT2D eigenvalue weighted by Gasteiger charge is -2.14. The summed E-state index contributed by atoms with van der Waals surface area (Å²) in [6, 6.07) is 21.4. The van der Waals surface area contributed by atoms with Crippen LogP contribution in [0.4, 0.5) is 0 Å². The molecule has 3 aromatic carbocycles. The van der Waals surface area contributed by atoms with Crippen LogP contribution in [0.5, 0.6) is 5.75 Å². The van der Waals surface area contributed by atoms with Crippen LogP contribution in [-0.4, -0.2) is 5.11 Å². The minimum absolute atomic E-state index is 0.0888. The van der Waals surface area contributed by atoms with Crippen molar-refractivity contribution < 1.29 is 14.8 Å². The summed E-state index contributed by atoms with van der Waals surface area (Å²) in [5.41, 5.74) is 2.19. The van der Waals surface area contributed by atoms with E-state index in [1.54, 1.807) is 12.1 Å². The first-order valence-corrected chi connectivity index (χ1v) is 8.68. The maximum absolute atomic E-state index is 11.8. The summed E-state index contributed by atoms with van der Waals surface area (Å²) in [5, 5.41) is 15.2. The zero-order chi connectivity index (χ0) is 18.1. The van der Waals surface area contributed by atoms with Gasteiger partial charge in [-0.05, 0) is 29.8 Å². The molecule has 0 unspecified atom stereocenters. The number of fused-ring (bicyclic) bond motifs is 2. The Balaban J connectivity index is 1.65. The highest BCUT2D eigenvalue weighted by Gasteiger charge is 2.14. The molecule has 26 heavy (non-hydrogen) atoms. The van der Waals surface area contributed by atoms with E-state index in [0.717, 1.165) is 10.9 Å². The molecule has 0 saturated heterocycles. The van der Waals surface area contributed by atoms with Crippen molar-refractivity contribution in [3.63, 3.8) is 0 Å². The zero-order valence-corrected chi connectivity index (χ0v) is 14.5. The molecular weight excluding hydrogens is 326 g/mol. The molecular formula is C22H20NO3+. The molecule has 0 amide bonds. The van der Waals surface area contributed by atoms with E-state index in [1.807, 2.05) is 6.07 Å². The Morgan fingerprint density at radius 1 is 1.00 bits per heavy atom. The maximum Gasteiger partial charge on any atom is 0.336 e. The van der Waals surface area contributed by atoms with Crippen molar-refractivity contribution in [3.8, 4) is 5.75 Å². The van der Waals surface area contributed by atoms with E-state index in [0.29, 0.717) is 12.1 Å². The van der Waals surface area contributed by atoms with E-state index in [4.69, 9.17) is 4.42 Å². The highest BCUT2D eigenvalue weighted by atomic mass is 16.4. The van der Waals surface area contributed by atoms with Gasteiger partial charge in [-0.2, -0.15) is 0 Å². The third-order valence-electron chi connectivity index (χ3n) is 4.82. The van der Waals surface area contributed by atoms with Crippen molar-refractivity contribution in [2.45, 2.75) is 19.5 Å². The molecule has 0 aliphatic carbocycles. The maximum atomic E-state index is 11.8. The lowest BCUT2D eigenvalue weighted by molar-refractivity contribution is -0.707. The molecule has 0 radical (unpaired) electrons. The molecule has 4 heteroatoms. The minimum Gasteiger partial charge on any atom is -0.508 e. The molecule has 1 atom stereocenters. The summed E-state index contributed by atoms with van der Waals surface area (Å²) in [5.74, 6) is 0.0888. The Morgan fingerprint density at radius 2 is 1.81 bits per heavy atom. The highest BCUT2D eigenvalue weighted by Crippen LogP contribution is 2.23. The van der Waals surface area contributed by atoms with Gasteiger partial charge in [0.2, 0.25) is 0 Å². The van der Waals surface area contributed by atoms with Crippen molar-refractivity contribution in [2.75, 3.05) is 0 Å². The van der Waals surface area contributed by atoms with Gasteiger partial charge in [0, 0.05) is 28.6 Å². The minimum atomic E-state index is -0.399. The summed E-state index contributed by atoms with van der Waals surface area (Å²) >= 11 is 0. The average molecular weight is 346 g/mol. The van der Waals surface area contributed by atoms with E-state index in [2.05, 4.69) is 48.6 Å². The van der Waals surface area contributed by atoms with Crippen molar-refractivity contribution in [2.24, 2.45) is 0 Å². The predicted octanol–water partition coefficient (Wildman–Crippen LogP) is 3.48. The Hall–Kier alpha value is -3.11. The molecule has 0 bridgehead atoms. The van der Waals surface area contributed by atoms with E-state index in [-0.39, 0.29) is 11.8 Å². The van der Waals surface area contributed by atoms with Crippen LogP contribution in [0.1, 0.15) is 24.1 Å². The molecule has 0 saturated carbocycles. The second-order valence-electron chi connectivity index (χ2n) is 6.57. The molecule has 1 aromatic heterocycles. The van der Waals surface area contributed by atoms with Gasteiger partial charge in [0.05, 0.1) is 0 Å². The summed E-state index contributed by atoms with van der Waals surface area (Å²) < 4.78 is 5.20. The summed E-state index contributed by atoms with van der Waals surface area (Å²) in [6.07, 6.45) is 0. The molecule has 4 nitrogen and oxygen atoms in total. The zero-order valence-electron chi connectivity index (χ0n) is 14.5. The van der Waals surface area contributed by atoms with Gasteiger partial charge in [0.25, 0.3) is 0 Å². The molecule has 0 fully saturated rings. The fourth-order valence-electron chi connectivity index (χ4n) is 3.47. The number of hydrogen-bond donors (Lipinski definition) is 2. The number of phenols is 1. The van der Waals surface area contributed by atoms with Crippen molar-refractivity contribution >= 4 is 21.7 Å². The Kier molecular flexibility index (Phi) is 4.19. The van der Waals surface area contributed by atoms with Gasteiger partial charge in [-0.15, -0.1) is 0 Å². The number of nitrogens with two attached hydrogens (primary N) is 1. The highest BCUT2D eigenvalue weighted by molar-refractivity contribution is 5.86. The van der Waals surface area contributed by atoms with E-state index in [1.165, 1.54) is 28.5 Å². The third-order valence-corrected chi connectivity index (χ3v) is 4.82. The van der Waals surface area contributed by atoms with Crippen LogP contribution in [0.2, 0.25) is 0 Å². The fraction of sp³-hybridized carbons (Fsp3) is 0.136. The predicted molar refractivity (Wildman–Crippen MR) is 102 cm³/mol. The standard InChI is InChI=1S/C22H19NO3/c1-14(18-8-4-6-15-5-2-3-7-19(15)18)23-13-16-11-22(25)26-21-12-17(24)9-10-20(16)21/h2-12,14,23-24H,13H2,1H3/p+1/t14-/m0/s1. The molecule has 0 aliphatic heterocycles. The van der Waals surface area contributed by atoms with Gasteiger partial charge in [0.1, 0.15) is 23.9 Å². The van der Waals surface area contributed by atoms with Gasteiger partial charge >= 0.3 is 5.63 Å². The molecule has 130 valence electrons. The van der Waals surface area contributed by atoms with Crippen LogP contribution < -0.4 is 10.9 Å². The van der Waals surface area contributed by atoms with Crippen LogP contribution in [0.25, 0.3) is 21.7 Å². The quantitative estimate of drug-likeness (QED) is 0.556. The third kappa shape index (κ3) is 3.07. The lowest BCUT2D eigenvalue weighted by atomic mass is 9.99. The number of rotatable bonds is 4. The molecule has 0 aliphatic rings. The van der Waals surface area contributed by atoms with Gasteiger partial charge < -0.3 is 14.8 Å². The average Bonchev–Trinajstić information content (AvgIpc) is 2.64. The Bertz CT molecular complexity index is 1140. The Morgan fingerprint density at radius 3 is 2.69 bits per heavy atom. The van der Waals surface area contributed by atoms with E-state index in [9.17, 15) is 9.90 Å². The first-order valence-electron chi connectivity index (χ1n) is 8.68. The number of aromatic hydroxyl groups is 1. The number of quaternary nitrogens is 1. The second-order valence-corrected chi connectivity index (χ2v) is 6.57. The number of phenolic OH excluding ortho intramolecular Hbond substituents is 1. The summed E-state index contributed by atoms with van der Waals surface area (Å²) in [6.45, 7) is 2.82. The van der Waals surface area contributed by atoms with E-state index >= 15 is 0 Å². The summed E-state index contributed by atoms with van der Waals surface area (Å²) in [4.78, 5) is 11.8. The fourth-order valence-corrected chi connectivity index (χ4v) is 3.47. The SMILES string of the molecule is C[C@H]([NH2+]Cc1cc(=O)oc2cc(O)ccc12)c1cccc2ccccc12. The number of benzene rings is 3. The smallest absolute Gasteiger partial charge is 0.336 e. The summed E-state index contributed by atoms with van der Waals surface area (Å²) in [7, 11) is 0. The van der Waals surface area contributed by atoms with Crippen LogP contribution in [0, 0.1) is 0 Å². The molecule has 1 heterocycles. The van der Waals surface area contributed by atoms with Gasteiger partial charge in [0.15, 0.2) is 0 Å². The van der Waals surface area contributed by atoms with Crippen LogP contribution in [0.3, 0.4) is 0 Å². The Labute approximate surface area is 150 Å². The van der Waals surface area contributed by atoms with Crippen molar-refractivity contribution in [1.82, 2.24) is 0 Å². The van der Waals surface area contributed by atoms with Gasteiger partial charge in [-0.3, -0.25) is 0 Å². The van der Waals surface area contributed by atoms with Crippen molar-refractivity contribution in [3.05, 3.63) is 88.3 Å². The first-order chi connectivity index (χ1) is 12.6. The van der Waals surface area contributed by atoms with Gasteiger partial charge in [-0.25, -0.2) is 4.79 Å². The molecule has 0 spiro atoms. The molecule has 4 rings (SSSR count). The van der Waals surface area contributed by atoms with Crippen LogP contribution >= 0.6 is 0 Å². The second kappa shape index (κ2) is 6.65. The van der Waals surface area contributed by atoms with E-state index < -0.39 is 5.63 Å². The van der Waals surface area contributed by atoms with Crippen molar-refractivity contribution in [1.29, 1.82) is 0 Å². The normalized spacial score (nSPS) is 12.5. The largest absolute Gasteiger partial charge is 0.508 e. The first kappa shape index (κ1) is 16.4. The monoisotopic (exact) mass is 346 g/mol. The number of hydrogen-bond acceptors (Lipinski definition) is 3. The van der Waals surface area contributed by atoms with Crippen LogP contribution in [-0.2, 0) is 6.54 Å². The van der Waals surface area contributed by atoms with Crippen LogP contribution in [0.15, 0.2) is 75.9 Å². The molecule has 4 aromatic rings.